The maximum absolute atomic E-state index is 10.9. The van der Waals surface area contributed by atoms with Crippen LogP contribution in [0.15, 0.2) is 29.3 Å². The fourth-order valence-corrected chi connectivity index (χ4v) is 2.30. The predicted molar refractivity (Wildman–Crippen MR) is 110 cm³/mol. The molecular weight excluding hydrogens is 465 g/mol. The maximum Gasteiger partial charge on any atom is 0.191 e. The molecule has 0 saturated carbocycles. The highest BCUT2D eigenvalue weighted by Gasteiger charge is 2.02. The van der Waals surface area contributed by atoms with Crippen LogP contribution in [0.5, 0.6) is 0 Å². The molecule has 0 radical (unpaired) electrons. The van der Waals surface area contributed by atoms with Crippen molar-refractivity contribution in [3.05, 3.63) is 34.9 Å². The van der Waals surface area contributed by atoms with Gasteiger partial charge >= 0.3 is 0 Å². The van der Waals surface area contributed by atoms with Crippen LogP contribution in [0.3, 0.4) is 0 Å². The van der Waals surface area contributed by atoms with Crippen LogP contribution in [0.4, 0.5) is 0 Å². The summed E-state index contributed by atoms with van der Waals surface area (Å²) in [5.74, 6) is 0.729. The molecule has 6 nitrogen and oxygen atoms in total. The number of benzene rings is 1. The van der Waals surface area contributed by atoms with Crippen molar-refractivity contribution in [1.29, 1.82) is 0 Å². The number of ether oxygens (including phenoxy) is 1. The molecular formula is C15H25ClIN3O3S. The third-order valence-corrected chi connectivity index (χ3v) is 4.14. The van der Waals surface area contributed by atoms with Gasteiger partial charge in [0.1, 0.15) is 9.84 Å². The quantitative estimate of drug-likeness (QED) is 0.239. The Labute approximate surface area is 166 Å². The zero-order chi connectivity index (χ0) is 17.1. The first-order valence-corrected chi connectivity index (χ1v) is 9.79. The molecule has 0 saturated heterocycles. The summed E-state index contributed by atoms with van der Waals surface area (Å²) in [6, 6.07) is 7.74. The molecule has 1 rings (SSSR count). The zero-order valence-corrected chi connectivity index (χ0v) is 17.8. The van der Waals surface area contributed by atoms with Gasteiger partial charge in [-0.05, 0) is 24.1 Å². The van der Waals surface area contributed by atoms with E-state index in [4.69, 9.17) is 16.3 Å². The number of rotatable bonds is 9. The van der Waals surface area contributed by atoms with Crippen molar-refractivity contribution in [2.24, 2.45) is 4.99 Å². The fraction of sp³-hybridized carbons (Fsp3) is 0.533. The first-order chi connectivity index (χ1) is 10.9. The van der Waals surface area contributed by atoms with Gasteiger partial charge in [0.15, 0.2) is 5.96 Å². The van der Waals surface area contributed by atoms with E-state index in [1.807, 2.05) is 24.3 Å². The molecule has 0 amide bonds. The van der Waals surface area contributed by atoms with Gasteiger partial charge in [0.05, 0.1) is 19.0 Å². The predicted octanol–water partition coefficient (Wildman–Crippen LogP) is 1.73. The lowest BCUT2D eigenvalue weighted by Gasteiger charge is -2.12. The summed E-state index contributed by atoms with van der Waals surface area (Å²) in [5.41, 5.74) is 1.20. The largest absolute Gasteiger partial charge is 0.379 e. The Morgan fingerprint density at radius 2 is 1.79 bits per heavy atom. The van der Waals surface area contributed by atoms with E-state index in [2.05, 4.69) is 15.6 Å². The topological polar surface area (TPSA) is 79.8 Å². The SMILES string of the molecule is CN=C(NCCOCCS(C)(=O)=O)NCCc1ccc(Cl)cc1.I. The van der Waals surface area contributed by atoms with Crippen molar-refractivity contribution in [2.45, 2.75) is 6.42 Å². The number of halogens is 2. The molecule has 9 heteroatoms. The van der Waals surface area contributed by atoms with E-state index in [0.717, 1.165) is 18.0 Å². The van der Waals surface area contributed by atoms with Crippen LogP contribution >= 0.6 is 35.6 Å². The van der Waals surface area contributed by atoms with E-state index < -0.39 is 9.84 Å². The second-order valence-corrected chi connectivity index (χ2v) is 7.74. The highest BCUT2D eigenvalue weighted by atomic mass is 127. The van der Waals surface area contributed by atoms with Crippen molar-refractivity contribution < 1.29 is 13.2 Å². The first kappa shape index (κ1) is 23.4. The lowest BCUT2D eigenvalue weighted by molar-refractivity contribution is 0.154. The molecule has 0 aliphatic carbocycles. The summed E-state index contributed by atoms with van der Waals surface area (Å²) >= 11 is 5.85. The Morgan fingerprint density at radius 1 is 1.17 bits per heavy atom. The van der Waals surface area contributed by atoms with E-state index in [9.17, 15) is 8.42 Å². The summed E-state index contributed by atoms with van der Waals surface area (Å²) in [5, 5.41) is 7.04. The lowest BCUT2D eigenvalue weighted by Crippen LogP contribution is -2.39. The van der Waals surface area contributed by atoms with E-state index in [-0.39, 0.29) is 36.3 Å². The molecule has 0 aromatic heterocycles. The number of hydrogen-bond donors (Lipinski definition) is 2. The molecule has 0 bridgehead atoms. The van der Waals surface area contributed by atoms with Crippen molar-refractivity contribution in [1.82, 2.24) is 10.6 Å². The van der Waals surface area contributed by atoms with Crippen molar-refractivity contribution in [3.63, 3.8) is 0 Å². The van der Waals surface area contributed by atoms with Gasteiger partial charge in [0, 0.05) is 31.4 Å². The Bertz CT molecular complexity index is 594. The van der Waals surface area contributed by atoms with Crippen LogP contribution < -0.4 is 10.6 Å². The molecule has 1 aromatic rings. The minimum absolute atomic E-state index is 0. The van der Waals surface area contributed by atoms with Gasteiger partial charge in [-0.2, -0.15) is 0 Å². The summed E-state index contributed by atoms with van der Waals surface area (Å²) < 4.78 is 27.1. The van der Waals surface area contributed by atoms with Gasteiger partial charge in [-0.1, -0.05) is 23.7 Å². The number of nitrogens with zero attached hydrogens (tertiary/aromatic N) is 1. The second kappa shape index (κ2) is 12.7. The monoisotopic (exact) mass is 489 g/mol. The van der Waals surface area contributed by atoms with Crippen molar-refractivity contribution in [2.75, 3.05) is 45.4 Å². The molecule has 0 atom stereocenters. The Morgan fingerprint density at radius 3 is 2.38 bits per heavy atom. The molecule has 1 aromatic carbocycles. The van der Waals surface area contributed by atoms with Crippen LogP contribution in [0, 0.1) is 0 Å². The van der Waals surface area contributed by atoms with Crippen LogP contribution in [-0.2, 0) is 21.0 Å². The van der Waals surface area contributed by atoms with Gasteiger partial charge in [0.25, 0.3) is 0 Å². The smallest absolute Gasteiger partial charge is 0.191 e. The summed E-state index contributed by atoms with van der Waals surface area (Å²) in [6.45, 7) is 1.94. The average molecular weight is 490 g/mol. The standard InChI is InChI=1S/C15H24ClN3O3S.HI/c1-17-15(19-9-10-22-11-12-23(2,20)21)18-8-7-13-3-5-14(16)6-4-13;/h3-6H,7-12H2,1-2H3,(H2,17,18,19);1H. The Kier molecular flexibility index (Phi) is 12.4. The second-order valence-electron chi connectivity index (χ2n) is 5.04. The van der Waals surface area contributed by atoms with E-state index in [0.29, 0.717) is 19.1 Å². The molecule has 24 heavy (non-hydrogen) atoms. The number of hydrogen-bond acceptors (Lipinski definition) is 4. The van der Waals surface area contributed by atoms with Gasteiger partial charge in [-0.3, -0.25) is 4.99 Å². The Balaban J connectivity index is 0.00000529. The fourth-order valence-electron chi connectivity index (χ4n) is 1.75. The number of sulfone groups is 1. The molecule has 138 valence electrons. The van der Waals surface area contributed by atoms with Crippen molar-refractivity contribution >= 4 is 51.4 Å². The third-order valence-electron chi connectivity index (χ3n) is 2.98. The van der Waals surface area contributed by atoms with E-state index in [1.165, 1.54) is 11.8 Å². The van der Waals surface area contributed by atoms with Crippen LogP contribution in [0.2, 0.25) is 5.02 Å². The molecule has 0 spiro atoms. The first-order valence-electron chi connectivity index (χ1n) is 7.35. The van der Waals surface area contributed by atoms with E-state index in [1.54, 1.807) is 7.05 Å². The van der Waals surface area contributed by atoms with Crippen LogP contribution in [0.25, 0.3) is 0 Å². The highest BCUT2D eigenvalue weighted by molar-refractivity contribution is 14.0. The molecule has 0 heterocycles. The number of aliphatic imine (C=N–C) groups is 1. The van der Waals surface area contributed by atoms with Crippen LogP contribution in [0.1, 0.15) is 5.56 Å². The molecule has 0 unspecified atom stereocenters. The van der Waals surface area contributed by atoms with Crippen molar-refractivity contribution in [3.8, 4) is 0 Å². The summed E-state index contributed by atoms with van der Waals surface area (Å²) in [7, 11) is -1.27. The summed E-state index contributed by atoms with van der Waals surface area (Å²) in [4.78, 5) is 4.11. The van der Waals surface area contributed by atoms with E-state index >= 15 is 0 Å². The normalized spacial score (nSPS) is 11.7. The molecule has 0 aliphatic heterocycles. The van der Waals surface area contributed by atoms with Gasteiger partial charge in [-0.15, -0.1) is 24.0 Å². The van der Waals surface area contributed by atoms with Gasteiger partial charge < -0.3 is 15.4 Å². The lowest BCUT2D eigenvalue weighted by atomic mass is 10.1. The van der Waals surface area contributed by atoms with Gasteiger partial charge in [0.2, 0.25) is 0 Å². The summed E-state index contributed by atoms with van der Waals surface area (Å²) in [6.07, 6.45) is 2.06. The maximum atomic E-state index is 10.9. The number of nitrogens with one attached hydrogen (secondary N) is 2. The average Bonchev–Trinajstić information content (AvgIpc) is 2.49. The minimum Gasteiger partial charge on any atom is -0.379 e. The molecule has 0 fully saturated rings. The minimum atomic E-state index is -2.96. The molecule has 2 N–H and O–H groups in total. The highest BCUT2D eigenvalue weighted by Crippen LogP contribution is 2.09. The number of guanidine groups is 1. The third kappa shape index (κ3) is 11.9. The van der Waals surface area contributed by atoms with Gasteiger partial charge in [-0.25, -0.2) is 8.42 Å². The molecule has 0 aliphatic rings. The Hall–Kier alpha value is -0.580. The van der Waals surface area contributed by atoms with Crippen LogP contribution in [-0.4, -0.2) is 59.7 Å². The zero-order valence-electron chi connectivity index (χ0n) is 13.9.